The minimum atomic E-state index is 0.112. The van der Waals surface area contributed by atoms with Gasteiger partial charge in [0.15, 0.2) is 6.54 Å². The summed E-state index contributed by atoms with van der Waals surface area (Å²) < 4.78 is 4.46. The van der Waals surface area contributed by atoms with Crippen molar-refractivity contribution in [2.45, 2.75) is 27.3 Å². The SMILES string of the molecule is Cc1ccc2c(ccc(/C=C/c3cc(C)n(-c4ccccc4)c3C)[n+]2CCO)c1. The molecule has 1 N–H and O–H groups in total. The summed E-state index contributed by atoms with van der Waals surface area (Å²) in [4.78, 5) is 0. The normalized spacial score (nSPS) is 11.6. The zero-order valence-electron chi connectivity index (χ0n) is 17.3. The molecule has 2 heterocycles. The van der Waals surface area contributed by atoms with E-state index in [1.54, 1.807) is 0 Å². The third-order valence-electron chi connectivity index (χ3n) is 5.46. The van der Waals surface area contributed by atoms with Gasteiger partial charge in [-0.25, -0.2) is 0 Å². The van der Waals surface area contributed by atoms with Crippen molar-refractivity contribution in [3.8, 4) is 5.69 Å². The molecule has 0 amide bonds. The van der Waals surface area contributed by atoms with Crippen molar-refractivity contribution in [2.75, 3.05) is 6.61 Å². The Kier molecular flexibility index (Phi) is 5.32. The first-order valence-electron chi connectivity index (χ1n) is 10.0. The van der Waals surface area contributed by atoms with E-state index in [0.717, 1.165) is 11.2 Å². The Bertz CT molecular complexity index is 1190. The smallest absolute Gasteiger partial charge is 0.213 e. The predicted octanol–water partition coefficient (Wildman–Crippen LogP) is 5.01. The second-order valence-electron chi connectivity index (χ2n) is 7.53. The topological polar surface area (TPSA) is 29.0 Å². The molecule has 0 aliphatic carbocycles. The van der Waals surface area contributed by atoms with Gasteiger partial charge in [-0.1, -0.05) is 29.8 Å². The lowest BCUT2D eigenvalue weighted by Crippen LogP contribution is -2.39. The zero-order chi connectivity index (χ0) is 20.4. The number of hydrogen-bond acceptors (Lipinski definition) is 1. The standard InChI is InChI=1S/C26H27N2O/c1-19-9-14-26-23(17-19)11-13-24(27(26)15-16-29)12-10-22-18-20(2)28(21(22)3)25-7-5-4-6-8-25/h4-14,17-18,29H,15-16H2,1-3H3/q+1. The second kappa shape index (κ2) is 8.06. The maximum Gasteiger partial charge on any atom is 0.213 e. The number of aromatic nitrogens is 2. The van der Waals surface area contributed by atoms with Gasteiger partial charge in [-0.3, -0.25) is 0 Å². The Hall–Kier alpha value is -3.17. The molecule has 0 saturated heterocycles. The fourth-order valence-corrected chi connectivity index (χ4v) is 4.06. The lowest BCUT2D eigenvalue weighted by Gasteiger charge is -2.09. The lowest BCUT2D eigenvalue weighted by molar-refractivity contribution is -0.674. The van der Waals surface area contributed by atoms with Crippen LogP contribution in [0.4, 0.5) is 0 Å². The van der Waals surface area contributed by atoms with Crippen LogP contribution in [0.2, 0.25) is 0 Å². The first kappa shape index (κ1) is 19.2. The van der Waals surface area contributed by atoms with Crippen LogP contribution < -0.4 is 4.57 Å². The molecular formula is C26H27N2O+. The van der Waals surface area contributed by atoms with Crippen LogP contribution in [-0.4, -0.2) is 16.3 Å². The van der Waals surface area contributed by atoms with Crippen LogP contribution in [-0.2, 0) is 6.54 Å². The van der Waals surface area contributed by atoms with E-state index in [2.05, 4.69) is 103 Å². The van der Waals surface area contributed by atoms with Crippen LogP contribution in [0.3, 0.4) is 0 Å². The third-order valence-corrected chi connectivity index (χ3v) is 5.46. The van der Waals surface area contributed by atoms with Crippen molar-refractivity contribution in [3.05, 3.63) is 94.9 Å². The summed E-state index contributed by atoms with van der Waals surface area (Å²) in [6.07, 6.45) is 4.32. The van der Waals surface area contributed by atoms with Crippen molar-refractivity contribution < 1.29 is 9.67 Å². The predicted molar refractivity (Wildman–Crippen MR) is 120 cm³/mol. The molecule has 29 heavy (non-hydrogen) atoms. The van der Waals surface area contributed by atoms with E-state index in [-0.39, 0.29) is 6.61 Å². The molecule has 0 bridgehead atoms. The zero-order valence-corrected chi connectivity index (χ0v) is 17.3. The van der Waals surface area contributed by atoms with Crippen LogP contribution in [0, 0.1) is 20.8 Å². The van der Waals surface area contributed by atoms with E-state index >= 15 is 0 Å². The van der Waals surface area contributed by atoms with E-state index in [9.17, 15) is 5.11 Å². The van der Waals surface area contributed by atoms with E-state index < -0.39 is 0 Å². The molecule has 0 fully saturated rings. The molecule has 3 heteroatoms. The van der Waals surface area contributed by atoms with Crippen molar-refractivity contribution in [3.63, 3.8) is 0 Å². The van der Waals surface area contributed by atoms with Gasteiger partial charge in [0, 0.05) is 40.7 Å². The second-order valence-corrected chi connectivity index (χ2v) is 7.53. The summed E-state index contributed by atoms with van der Waals surface area (Å²) in [7, 11) is 0. The number of pyridine rings is 1. The number of aliphatic hydroxyl groups is 1. The summed E-state index contributed by atoms with van der Waals surface area (Å²) in [6, 6.07) is 23.4. The first-order chi connectivity index (χ1) is 14.1. The highest BCUT2D eigenvalue weighted by Gasteiger charge is 2.14. The first-order valence-corrected chi connectivity index (χ1v) is 10.0. The van der Waals surface area contributed by atoms with Crippen molar-refractivity contribution in [1.29, 1.82) is 0 Å². The molecule has 3 nitrogen and oxygen atoms in total. The molecule has 0 aliphatic heterocycles. The number of hydrogen-bond donors (Lipinski definition) is 1. The Morgan fingerprint density at radius 1 is 0.897 bits per heavy atom. The van der Waals surface area contributed by atoms with Crippen LogP contribution in [0.1, 0.15) is 28.2 Å². The summed E-state index contributed by atoms with van der Waals surface area (Å²) in [5.74, 6) is 0. The average molecular weight is 384 g/mol. The molecule has 0 atom stereocenters. The fraction of sp³-hybridized carbons (Fsp3) is 0.192. The van der Waals surface area contributed by atoms with Gasteiger partial charge in [-0.2, -0.15) is 4.57 Å². The Morgan fingerprint density at radius 2 is 1.69 bits per heavy atom. The Labute approximate surface area is 172 Å². The number of aliphatic hydroxyl groups excluding tert-OH is 1. The lowest BCUT2D eigenvalue weighted by atomic mass is 10.1. The summed E-state index contributed by atoms with van der Waals surface area (Å²) >= 11 is 0. The molecule has 0 spiro atoms. The number of fused-ring (bicyclic) bond motifs is 1. The number of nitrogens with zero attached hydrogens (tertiary/aromatic N) is 2. The minimum Gasteiger partial charge on any atom is -0.390 e. The van der Waals surface area contributed by atoms with E-state index in [4.69, 9.17) is 0 Å². The quantitative estimate of drug-likeness (QED) is 0.483. The van der Waals surface area contributed by atoms with E-state index in [1.807, 2.05) is 6.07 Å². The average Bonchev–Trinajstić information content (AvgIpc) is 3.01. The van der Waals surface area contributed by atoms with Gasteiger partial charge in [0.1, 0.15) is 6.61 Å². The summed E-state index contributed by atoms with van der Waals surface area (Å²) in [5, 5.41) is 10.8. The number of para-hydroxylation sites is 1. The Morgan fingerprint density at radius 3 is 2.45 bits per heavy atom. The van der Waals surface area contributed by atoms with E-state index in [0.29, 0.717) is 6.54 Å². The molecule has 4 aromatic rings. The van der Waals surface area contributed by atoms with Gasteiger partial charge in [-0.15, -0.1) is 0 Å². The highest BCUT2D eigenvalue weighted by Crippen LogP contribution is 2.22. The Balaban J connectivity index is 1.76. The van der Waals surface area contributed by atoms with Gasteiger partial charge in [0.2, 0.25) is 11.2 Å². The van der Waals surface area contributed by atoms with Gasteiger partial charge in [0.05, 0.1) is 0 Å². The van der Waals surface area contributed by atoms with Crippen molar-refractivity contribution in [1.82, 2.24) is 4.57 Å². The molecule has 0 radical (unpaired) electrons. The number of aryl methyl sites for hydroxylation is 2. The van der Waals surface area contributed by atoms with Crippen LogP contribution in [0.25, 0.3) is 28.7 Å². The molecular weight excluding hydrogens is 356 g/mol. The molecule has 146 valence electrons. The number of rotatable bonds is 5. The van der Waals surface area contributed by atoms with Gasteiger partial charge in [0.25, 0.3) is 0 Å². The minimum absolute atomic E-state index is 0.112. The summed E-state index contributed by atoms with van der Waals surface area (Å²) in [5.41, 5.74) is 8.27. The van der Waals surface area contributed by atoms with Crippen molar-refractivity contribution in [2.24, 2.45) is 0 Å². The monoisotopic (exact) mass is 383 g/mol. The highest BCUT2D eigenvalue weighted by molar-refractivity contribution is 5.78. The number of benzene rings is 2. The van der Waals surface area contributed by atoms with E-state index in [1.165, 1.54) is 33.6 Å². The summed E-state index contributed by atoms with van der Waals surface area (Å²) in [6.45, 7) is 7.09. The van der Waals surface area contributed by atoms with Crippen molar-refractivity contribution >= 4 is 23.1 Å². The molecule has 2 aromatic carbocycles. The molecule has 4 rings (SSSR count). The van der Waals surface area contributed by atoms with Crippen LogP contribution in [0.15, 0.2) is 66.7 Å². The third kappa shape index (κ3) is 3.74. The maximum absolute atomic E-state index is 9.61. The molecule has 0 saturated carbocycles. The maximum atomic E-state index is 9.61. The fourth-order valence-electron chi connectivity index (χ4n) is 4.06. The highest BCUT2D eigenvalue weighted by atomic mass is 16.3. The largest absolute Gasteiger partial charge is 0.390 e. The molecule has 2 aromatic heterocycles. The van der Waals surface area contributed by atoms with Gasteiger partial charge >= 0.3 is 0 Å². The van der Waals surface area contributed by atoms with Gasteiger partial charge < -0.3 is 9.67 Å². The molecule has 0 aliphatic rings. The van der Waals surface area contributed by atoms with Crippen LogP contribution >= 0.6 is 0 Å². The molecule has 0 unspecified atom stereocenters. The van der Waals surface area contributed by atoms with Crippen LogP contribution in [0.5, 0.6) is 0 Å². The van der Waals surface area contributed by atoms with Gasteiger partial charge in [-0.05, 0) is 62.7 Å².